The van der Waals surface area contributed by atoms with Crippen LogP contribution in [0.1, 0.15) is 34.8 Å². The lowest BCUT2D eigenvalue weighted by Crippen LogP contribution is -2.01. The number of fused-ring (bicyclic) bond motifs is 1. The van der Waals surface area contributed by atoms with Gasteiger partial charge in [-0.2, -0.15) is 5.10 Å². The third kappa shape index (κ3) is 3.70. The monoisotopic (exact) mass is 406 g/mol. The quantitative estimate of drug-likeness (QED) is 0.432. The SMILES string of the molecule is Fc1ccccc1Cc1nnc(SCc2nn(-c3ccccc3)c3c2CCC3)o1. The van der Waals surface area contributed by atoms with Crippen molar-refractivity contribution in [2.45, 2.75) is 36.7 Å². The van der Waals surface area contributed by atoms with Crippen molar-refractivity contribution >= 4 is 11.8 Å². The highest BCUT2D eigenvalue weighted by Gasteiger charge is 2.23. The summed E-state index contributed by atoms with van der Waals surface area (Å²) in [6, 6.07) is 16.9. The Morgan fingerprint density at radius 1 is 1.00 bits per heavy atom. The summed E-state index contributed by atoms with van der Waals surface area (Å²) >= 11 is 1.47. The van der Waals surface area contributed by atoms with Crippen molar-refractivity contribution in [2.75, 3.05) is 0 Å². The van der Waals surface area contributed by atoms with Crippen LogP contribution in [0.4, 0.5) is 4.39 Å². The summed E-state index contributed by atoms with van der Waals surface area (Å²) in [7, 11) is 0. The average Bonchev–Trinajstić information content (AvgIpc) is 3.46. The second-order valence-electron chi connectivity index (χ2n) is 6.99. The van der Waals surface area contributed by atoms with Crippen LogP contribution in [-0.4, -0.2) is 20.0 Å². The first-order valence-corrected chi connectivity index (χ1v) is 10.6. The Hall–Kier alpha value is -2.93. The molecule has 0 amide bonds. The van der Waals surface area contributed by atoms with Crippen LogP contribution in [-0.2, 0) is 25.0 Å². The molecule has 2 heterocycles. The second kappa shape index (κ2) is 7.83. The molecule has 0 fully saturated rings. The normalized spacial score (nSPS) is 13.0. The molecule has 0 radical (unpaired) electrons. The third-order valence-electron chi connectivity index (χ3n) is 5.09. The van der Waals surface area contributed by atoms with Gasteiger partial charge in [-0.05, 0) is 48.6 Å². The number of thioether (sulfide) groups is 1. The molecule has 2 aromatic carbocycles. The van der Waals surface area contributed by atoms with E-state index < -0.39 is 0 Å². The Morgan fingerprint density at radius 2 is 1.83 bits per heavy atom. The molecule has 0 atom stereocenters. The van der Waals surface area contributed by atoms with Gasteiger partial charge in [0.1, 0.15) is 5.82 Å². The Labute approximate surface area is 172 Å². The number of hydrogen-bond acceptors (Lipinski definition) is 5. The van der Waals surface area contributed by atoms with E-state index in [-0.39, 0.29) is 12.2 Å². The van der Waals surface area contributed by atoms with Crippen LogP contribution in [0, 0.1) is 5.82 Å². The summed E-state index contributed by atoms with van der Waals surface area (Å²) in [5.74, 6) is 0.823. The molecular formula is C22H19FN4OS. The number of aromatic nitrogens is 4. The van der Waals surface area contributed by atoms with Crippen LogP contribution in [0.5, 0.6) is 0 Å². The Bertz CT molecular complexity index is 1140. The van der Waals surface area contributed by atoms with Gasteiger partial charge in [-0.3, -0.25) is 0 Å². The van der Waals surface area contributed by atoms with Crippen molar-refractivity contribution in [3.63, 3.8) is 0 Å². The molecule has 1 aliphatic rings. The molecule has 0 aliphatic heterocycles. The Morgan fingerprint density at radius 3 is 2.69 bits per heavy atom. The fourth-order valence-corrected chi connectivity index (χ4v) is 4.46. The van der Waals surface area contributed by atoms with Crippen LogP contribution < -0.4 is 0 Å². The van der Waals surface area contributed by atoms with E-state index in [0.717, 1.165) is 30.6 Å². The molecule has 0 bridgehead atoms. The minimum atomic E-state index is -0.262. The van der Waals surface area contributed by atoms with Crippen LogP contribution in [0.3, 0.4) is 0 Å². The van der Waals surface area contributed by atoms with Crippen LogP contribution >= 0.6 is 11.8 Å². The van der Waals surface area contributed by atoms with E-state index in [9.17, 15) is 4.39 Å². The zero-order valence-corrected chi connectivity index (χ0v) is 16.5. The maximum absolute atomic E-state index is 13.8. The standard InChI is InChI=1S/C22H19FN4OS/c23-18-11-5-4-7-15(18)13-21-24-25-22(28-21)29-14-19-17-10-6-12-20(17)27(26-19)16-8-2-1-3-9-16/h1-5,7-9,11H,6,10,12-14H2. The van der Waals surface area contributed by atoms with Crippen LogP contribution in [0.25, 0.3) is 5.69 Å². The highest BCUT2D eigenvalue weighted by molar-refractivity contribution is 7.98. The number of halogens is 1. The summed E-state index contributed by atoms with van der Waals surface area (Å²) < 4.78 is 21.6. The lowest BCUT2D eigenvalue weighted by atomic mass is 10.1. The molecular weight excluding hydrogens is 387 g/mol. The van der Waals surface area contributed by atoms with Gasteiger partial charge < -0.3 is 4.42 Å². The molecule has 0 N–H and O–H groups in total. The third-order valence-corrected chi connectivity index (χ3v) is 5.92. The molecule has 0 saturated heterocycles. The van der Waals surface area contributed by atoms with Gasteiger partial charge in [0.2, 0.25) is 5.89 Å². The van der Waals surface area contributed by atoms with Crippen molar-refractivity contribution in [3.8, 4) is 5.69 Å². The fraction of sp³-hybridized carbons (Fsp3) is 0.227. The first kappa shape index (κ1) is 18.1. The van der Waals surface area contributed by atoms with E-state index >= 15 is 0 Å². The Kier molecular flexibility index (Phi) is 4.89. The number of hydrogen-bond donors (Lipinski definition) is 0. The lowest BCUT2D eigenvalue weighted by Gasteiger charge is -2.04. The molecule has 4 aromatic rings. The van der Waals surface area contributed by atoms with E-state index in [1.807, 2.05) is 18.2 Å². The Balaban J connectivity index is 1.31. The van der Waals surface area contributed by atoms with Gasteiger partial charge >= 0.3 is 0 Å². The minimum Gasteiger partial charge on any atom is -0.416 e. The van der Waals surface area contributed by atoms with E-state index in [2.05, 4.69) is 27.0 Å². The van der Waals surface area contributed by atoms with Crippen molar-refractivity contribution < 1.29 is 8.81 Å². The number of benzene rings is 2. The highest BCUT2D eigenvalue weighted by Crippen LogP contribution is 2.31. The number of nitrogens with zero attached hydrogens (tertiary/aromatic N) is 4. The highest BCUT2D eigenvalue weighted by atomic mass is 32.2. The second-order valence-corrected chi connectivity index (χ2v) is 7.92. The van der Waals surface area contributed by atoms with E-state index in [1.54, 1.807) is 18.2 Å². The average molecular weight is 406 g/mol. The summed E-state index contributed by atoms with van der Waals surface area (Å²) in [5.41, 5.74) is 5.35. The largest absolute Gasteiger partial charge is 0.416 e. The zero-order chi connectivity index (χ0) is 19.6. The van der Waals surface area contributed by atoms with E-state index in [1.165, 1.54) is 29.1 Å². The summed E-state index contributed by atoms with van der Waals surface area (Å²) in [6.45, 7) is 0. The molecule has 0 saturated carbocycles. The predicted molar refractivity (Wildman–Crippen MR) is 109 cm³/mol. The van der Waals surface area contributed by atoms with E-state index in [4.69, 9.17) is 9.52 Å². The van der Waals surface area contributed by atoms with Gasteiger partial charge in [-0.15, -0.1) is 10.2 Å². The topological polar surface area (TPSA) is 56.7 Å². The molecule has 0 unspecified atom stereocenters. The van der Waals surface area contributed by atoms with Gasteiger partial charge in [0, 0.05) is 11.4 Å². The summed E-state index contributed by atoms with van der Waals surface area (Å²) in [4.78, 5) is 0. The number of para-hydroxylation sites is 1. The molecule has 1 aliphatic carbocycles. The fourth-order valence-electron chi connectivity index (χ4n) is 3.72. The molecule has 2 aromatic heterocycles. The smallest absolute Gasteiger partial charge is 0.276 e. The first-order chi connectivity index (χ1) is 14.3. The molecule has 5 nitrogen and oxygen atoms in total. The minimum absolute atomic E-state index is 0.262. The maximum Gasteiger partial charge on any atom is 0.276 e. The van der Waals surface area contributed by atoms with Gasteiger partial charge in [0.05, 0.1) is 17.8 Å². The van der Waals surface area contributed by atoms with Crippen molar-refractivity contribution in [3.05, 3.63) is 88.8 Å². The molecule has 0 spiro atoms. The summed E-state index contributed by atoms with van der Waals surface area (Å²) in [5, 5.41) is 13.5. The van der Waals surface area contributed by atoms with Crippen molar-refractivity contribution in [2.24, 2.45) is 0 Å². The van der Waals surface area contributed by atoms with Gasteiger partial charge in [0.25, 0.3) is 5.22 Å². The lowest BCUT2D eigenvalue weighted by molar-refractivity contribution is 0.418. The van der Waals surface area contributed by atoms with Crippen molar-refractivity contribution in [1.29, 1.82) is 0 Å². The molecule has 146 valence electrons. The molecule has 5 rings (SSSR count). The number of rotatable bonds is 6. The predicted octanol–water partition coefficient (Wildman–Crippen LogP) is 4.77. The van der Waals surface area contributed by atoms with Gasteiger partial charge in [0.15, 0.2) is 0 Å². The van der Waals surface area contributed by atoms with Gasteiger partial charge in [-0.1, -0.05) is 48.2 Å². The van der Waals surface area contributed by atoms with Crippen molar-refractivity contribution in [1.82, 2.24) is 20.0 Å². The van der Waals surface area contributed by atoms with Crippen LogP contribution in [0.2, 0.25) is 0 Å². The van der Waals surface area contributed by atoms with Gasteiger partial charge in [-0.25, -0.2) is 9.07 Å². The maximum atomic E-state index is 13.8. The zero-order valence-electron chi connectivity index (χ0n) is 15.7. The summed E-state index contributed by atoms with van der Waals surface area (Å²) in [6.07, 6.45) is 3.55. The van der Waals surface area contributed by atoms with E-state index in [0.29, 0.717) is 22.4 Å². The first-order valence-electron chi connectivity index (χ1n) is 9.61. The van der Waals surface area contributed by atoms with Crippen LogP contribution in [0.15, 0.2) is 64.2 Å². The molecule has 7 heteroatoms. The molecule has 29 heavy (non-hydrogen) atoms.